The Morgan fingerprint density at radius 2 is 2.05 bits per heavy atom. The van der Waals surface area contributed by atoms with Gasteiger partial charge in [0.15, 0.2) is 0 Å². The van der Waals surface area contributed by atoms with Crippen molar-refractivity contribution < 1.29 is 9.47 Å². The lowest BCUT2D eigenvalue weighted by Gasteiger charge is -2.38. The third-order valence-electron chi connectivity index (χ3n) is 4.24. The van der Waals surface area contributed by atoms with Crippen molar-refractivity contribution in [2.75, 3.05) is 33.5 Å². The van der Waals surface area contributed by atoms with E-state index in [0.717, 1.165) is 13.0 Å². The maximum Gasteiger partial charge on any atom is 0.0700 e. The lowest BCUT2D eigenvalue weighted by molar-refractivity contribution is 0.0594. The Bertz CT molecular complexity index is 394. The number of hydrogen-bond acceptors (Lipinski definition) is 3. The molecule has 0 heterocycles. The third-order valence-corrected chi connectivity index (χ3v) is 4.24. The fraction of sp³-hybridized carbons (Fsp3) is 0.625. The molecule has 1 atom stereocenters. The maximum atomic E-state index is 6.11. The Morgan fingerprint density at radius 3 is 2.84 bits per heavy atom. The van der Waals surface area contributed by atoms with Gasteiger partial charge >= 0.3 is 0 Å². The quantitative estimate of drug-likeness (QED) is 0.768. The molecule has 2 N–H and O–H groups in total. The molecule has 0 saturated carbocycles. The van der Waals surface area contributed by atoms with Crippen molar-refractivity contribution in [2.24, 2.45) is 5.73 Å². The highest BCUT2D eigenvalue weighted by molar-refractivity contribution is 5.37. The smallest absolute Gasteiger partial charge is 0.0700 e. The summed E-state index contributed by atoms with van der Waals surface area (Å²) in [7, 11) is 1.70. The first-order valence-electron chi connectivity index (χ1n) is 7.17. The molecule has 0 radical (unpaired) electrons. The number of benzene rings is 1. The van der Waals surface area contributed by atoms with E-state index in [2.05, 4.69) is 24.3 Å². The molecule has 3 heteroatoms. The van der Waals surface area contributed by atoms with Gasteiger partial charge < -0.3 is 15.2 Å². The summed E-state index contributed by atoms with van der Waals surface area (Å²) in [6.45, 7) is 2.79. The first-order chi connectivity index (χ1) is 9.32. The summed E-state index contributed by atoms with van der Waals surface area (Å²) in [6, 6.07) is 8.74. The number of methoxy groups -OCH3 is 1. The van der Waals surface area contributed by atoms with Crippen molar-refractivity contribution in [1.29, 1.82) is 0 Å². The molecule has 0 bridgehead atoms. The van der Waals surface area contributed by atoms with Crippen molar-refractivity contribution >= 4 is 0 Å². The standard InChI is InChI=1S/C16H25NO2/c1-18-11-12-19-10-9-16(13-17)8-4-6-14-5-2-3-7-15(14)16/h2-3,5,7H,4,6,8-13,17H2,1H3. The highest BCUT2D eigenvalue weighted by Gasteiger charge is 2.34. The van der Waals surface area contributed by atoms with E-state index in [1.807, 2.05) is 0 Å². The average Bonchev–Trinajstić information content (AvgIpc) is 2.47. The fourth-order valence-electron chi connectivity index (χ4n) is 3.09. The molecule has 2 rings (SSSR count). The van der Waals surface area contributed by atoms with Crippen LogP contribution in [0.3, 0.4) is 0 Å². The van der Waals surface area contributed by atoms with Gasteiger partial charge in [0.2, 0.25) is 0 Å². The van der Waals surface area contributed by atoms with Gasteiger partial charge in [0.1, 0.15) is 0 Å². The zero-order valence-corrected chi connectivity index (χ0v) is 11.9. The van der Waals surface area contributed by atoms with Crippen LogP contribution in [0.4, 0.5) is 0 Å². The Labute approximate surface area is 116 Å². The predicted octanol–water partition coefficient (Wildman–Crippen LogP) is 2.27. The summed E-state index contributed by atoms with van der Waals surface area (Å²) in [5.41, 5.74) is 9.14. The van der Waals surface area contributed by atoms with Gasteiger partial charge in [-0.15, -0.1) is 0 Å². The highest BCUT2D eigenvalue weighted by atomic mass is 16.5. The van der Waals surface area contributed by atoms with E-state index in [4.69, 9.17) is 15.2 Å². The second-order valence-electron chi connectivity index (χ2n) is 5.35. The van der Waals surface area contributed by atoms with E-state index in [1.54, 1.807) is 7.11 Å². The van der Waals surface area contributed by atoms with Crippen LogP contribution in [0.1, 0.15) is 30.4 Å². The number of rotatable bonds is 7. The fourth-order valence-corrected chi connectivity index (χ4v) is 3.09. The summed E-state index contributed by atoms with van der Waals surface area (Å²) in [4.78, 5) is 0. The Morgan fingerprint density at radius 1 is 1.21 bits per heavy atom. The van der Waals surface area contributed by atoms with Gasteiger partial charge in [-0.1, -0.05) is 24.3 Å². The van der Waals surface area contributed by atoms with Crippen LogP contribution in [0.15, 0.2) is 24.3 Å². The normalized spacial score (nSPS) is 22.2. The Balaban J connectivity index is 2.02. The molecule has 0 saturated heterocycles. The van der Waals surface area contributed by atoms with E-state index < -0.39 is 0 Å². The minimum Gasteiger partial charge on any atom is -0.382 e. The van der Waals surface area contributed by atoms with E-state index in [-0.39, 0.29) is 5.41 Å². The van der Waals surface area contributed by atoms with Crippen LogP contribution in [0.25, 0.3) is 0 Å². The van der Waals surface area contributed by atoms with Crippen molar-refractivity contribution in [3.8, 4) is 0 Å². The van der Waals surface area contributed by atoms with E-state index >= 15 is 0 Å². The van der Waals surface area contributed by atoms with Crippen molar-refractivity contribution in [3.63, 3.8) is 0 Å². The van der Waals surface area contributed by atoms with Crippen LogP contribution in [0.5, 0.6) is 0 Å². The van der Waals surface area contributed by atoms with Crippen LogP contribution < -0.4 is 5.73 Å². The van der Waals surface area contributed by atoms with Gasteiger partial charge in [-0.2, -0.15) is 0 Å². The van der Waals surface area contributed by atoms with Gasteiger partial charge in [-0.3, -0.25) is 0 Å². The van der Waals surface area contributed by atoms with Gasteiger partial charge in [0.05, 0.1) is 13.2 Å². The molecular weight excluding hydrogens is 238 g/mol. The van der Waals surface area contributed by atoms with Gasteiger partial charge in [-0.25, -0.2) is 0 Å². The van der Waals surface area contributed by atoms with Gasteiger partial charge in [-0.05, 0) is 36.8 Å². The average molecular weight is 263 g/mol. The molecule has 19 heavy (non-hydrogen) atoms. The largest absolute Gasteiger partial charge is 0.382 e. The topological polar surface area (TPSA) is 44.5 Å². The van der Waals surface area contributed by atoms with Crippen molar-refractivity contribution in [2.45, 2.75) is 31.1 Å². The zero-order chi connectivity index (χ0) is 13.6. The lowest BCUT2D eigenvalue weighted by Crippen LogP contribution is -2.39. The minimum absolute atomic E-state index is 0.113. The van der Waals surface area contributed by atoms with Crippen LogP contribution in [0, 0.1) is 0 Å². The van der Waals surface area contributed by atoms with E-state index in [9.17, 15) is 0 Å². The molecule has 1 aliphatic rings. The van der Waals surface area contributed by atoms with Crippen LogP contribution >= 0.6 is 0 Å². The Hall–Kier alpha value is -0.900. The number of aryl methyl sites for hydroxylation is 1. The highest BCUT2D eigenvalue weighted by Crippen LogP contribution is 2.39. The van der Waals surface area contributed by atoms with Crippen molar-refractivity contribution in [3.05, 3.63) is 35.4 Å². The first-order valence-corrected chi connectivity index (χ1v) is 7.17. The SMILES string of the molecule is COCCOCCC1(CN)CCCc2ccccc21. The lowest BCUT2D eigenvalue weighted by atomic mass is 9.68. The molecule has 1 aliphatic carbocycles. The second-order valence-corrected chi connectivity index (χ2v) is 5.35. The molecule has 3 nitrogen and oxygen atoms in total. The summed E-state index contributed by atoms with van der Waals surface area (Å²) < 4.78 is 10.6. The Kier molecular flexibility index (Phi) is 5.37. The predicted molar refractivity (Wildman–Crippen MR) is 77.4 cm³/mol. The first kappa shape index (κ1) is 14.5. The molecule has 0 aliphatic heterocycles. The van der Waals surface area contributed by atoms with E-state index in [1.165, 1.54) is 30.4 Å². The summed E-state index contributed by atoms with van der Waals surface area (Å²) in [5.74, 6) is 0. The number of hydrogen-bond donors (Lipinski definition) is 1. The molecule has 1 unspecified atom stereocenters. The third kappa shape index (κ3) is 3.35. The number of fused-ring (bicyclic) bond motifs is 1. The number of nitrogens with two attached hydrogens (primary N) is 1. The molecule has 0 spiro atoms. The van der Waals surface area contributed by atoms with Crippen molar-refractivity contribution in [1.82, 2.24) is 0 Å². The molecule has 0 amide bonds. The number of ether oxygens (including phenoxy) is 2. The molecule has 1 aromatic carbocycles. The van der Waals surface area contributed by atoms with Crippen LogP contribution in [-0.4, -0.2) is 33.5 Å². The monoisotopic (exact) mass is 263 g/mol. The maximum absolute atomic E-state index is 6.11. The van der Waals surface area contributed by atoms with Gasteiger partial charge in [0, 0.05) is 25.7 Å². The summed E-state index contributed by atoms with van der Waals surface area (Å²) in [6.07, 6.45) is 4.59. The van der Waals surface area contributed by atoms with Gasteiger partial charge in [0.25, 0.3) is 0 Å². The zero-order valence-electron chi connectivity index (χ0n) is 11.9. The molecule has 0 aromatic heterocycles. The molecule has 1 aromatic rings. The molecule has 0 fully saturated rings. The van der Waals surface area contributed by atoms with Crippen LogP contribution in [-0.2, 0) is 21.3 Å². The van der Waals surface area contributed by atoms with E-state index in [0.29, 0.717) is 19.8 Å². The summed E-state index contributed by atoms with van der Waals surface area (Å²) in [5, 5.41) is 0. The second kappa shape index (κ2) is 7.04. The minimum atomic E-state index is 0.113. The summed E-state index contributed by atoms with van der Waals surface area (Å²) >= 11 is 0. The van der Waals surface area contributed by atoms with Crippen LogP contribution in [0.2, 0.25) is 0 Å². The molecular formula is C16H25NO2. The molecule has 106 valence electrons.